The predicted octanol–water partition coefficient (Wildman–Crippen LogP) is 4.84. The van der Waals surface area contributed by atoms with E-state index in [1.54, 1.807) is 31.5 Å². The number of fused-ring (bicyclic) bond motifs is 1. The van der Waals surface area contributed by atoms with Gasteiger partial charge in [-0.05, 0) is 19.4 Å². The van der Waals surface area contributed by atoms with Gasteiger partial charge in [-0.15, -0.1) is 0 Å². The lowest BCUT2D eigenvalue weighted by atomic mass is 10.00. The van der Waals surface area contributed by atoms with Crippen molar-refractivity contribution in [1.29, 1.82) is 0 Å². The van der Waals surface area contributed by atoms with Crippen LogP contribution in [-0.2, 0) is 32.3 Å². The van der Waals surface area contributed by atoms with Crippen molar-refractivity contribution >= 4 is 45.4 Å². The fourth-order valence-corrected chi connectivity index (χ4v) is 4.49. The number of benzene rings is 1. The van der Waals surface area contributed by atoms with Gasteiger partial charge in [0.2, 0.25) is 0 Å². The van der Waals surface area contributed by atoms with E-state index >= 15 is 0 Å². The number of rotatable bonds is 9. The van der Waals surface area contributed by atoms with Crippen molar-refractivity contribution in [2.75, 3.05) is 0 Å². The van der Waals surface area contributed by atoms with E-state index in [9.17, 15) is 9.59 Å². The SMILES string of the molecule is CCC(=O)C1OC(C)(C)OC1C(=O)c1cn(COCc2ccccc2)c2c(N=PP)ncnc12. The summed E-state index contributed by atoms with van der Waals surface area (Å²) >= 11 is 0. The molecule has 0 N–H and O–H groups in total. The molecule has 3 unspecified atom stereocenters. The first-order chi connectivity index (χ1) is 16.3. The Morgan fingerprint density at radius 1 is 1.21 bits per heavy atom. The second-order valence-electron chi connectivity index (χ2n) is 8.25. The van der Waals surface area contributed by atoms with Crippen molar-refractivity contribution in [2.24, 2.45) is 4.74 Å². The summed E-state index contributed by atoms with van der Waals surface area (Å²) in [5.41, 5.74) is 2.33. The average molecular weight is 500 g/mol. The van der Waals surface area contributed by atoms with E-state index in [-0.39, 0.29) is 24.7 Å². The first-order valence-electron chi connectivity index (χ1n) is 10.8. The van der Waals surface area contributed by atoms with E-state index in [2.05, 4.69) is 23.6 Å². The highest BCUT2D eigenvalue weighted by Crippen LogP contribution is 2.35. The molecule has 0 saturated carbocycles. The third-order valence-electron chi connectivity index (χ3n) is 5.41. The molecule has 4 rings (SSSR count). The molecular weight excluding hydrogens is 474 g/mol. The second kappa shape index (κ2) is 10.5. The monoisotopic (exact) mass is 500 g/mol. The second-order valence-corrected chi connectivity index (χ2v) is 9.37. The Kier molecular flexibility index (Phi) is 7.60. The molecule has 1 aromatic carbocycles. The third-order valence-corrected chi connectivity index (χ3v) is 6.06. The van der Waals surface area contributed by atoms with Gasteiger partial charge in [-0.2, -0.15) is 0 Å². The first-order valence-corrected chi connectivity index (χ1v) is 13.3. The molecule has 1 aliphatic rings. The number of carbonyl (C=O) groups excluding carboxylic acids is 2. The highest BCUT2D eigenvalue weighted by Gasteiger charge is 2.48. The van der Waals surface area contributed by atoms with Crippen LogP contribution in [0.2, 0.25) is 0 Å². The zero-order chi connectivity index (χ0) is 24.3. The number of Topliss-reactive ketones (excluding diaryl/α,β-unsaturated/α-hetero) is 2. The fourth-order valence-electron chi connectivity index (χ4n) is 3.90. The van der Waals surface area contributed by atoms with E-state index in [1.165, 1.54) is 6.33 Å². The smallest absolute Gasteiger partial charge is 0.198 e. The van der Waals surface area contributed by atoms with Gasteiger partial charge in [-0.3, -0.25) is 9.59 Å². The highest BCUT2D eigenvalue weighted by molar-refractivity contribution is 7.97. The summed E-state index contributed by atoms with van der Waals surface area (Å²) in [4.78, 5) is 34.8. The highest BCUT2D eigenvalue weighted by atomic mass is 32.0. The van der Waals surface area contributed by atoms with E-state index in [4.69, 9.17) is 14.2 Å². The van der Waals surface area contributed by atoms with Crippen molar-refractivity contribution in [3.63, 3.8) is 0 Å². The van der Waals surface area contributed by atoms with E-state index < -0.39 is 18.0 Å². The van der Waals surface area contributed by atoms with Crippen LogP contribution in [-0.4, -0.2) is 44.1 Å². The van der Waals surface area contributed by atoms with Crippen molar-refractivity contribution in [1.82, 2.24) is 14.5 Å². The first kappa shape index (κ1) is 24.7. The molecule has 2 aromatic heterocycles. The van der Waals surface area contributed by atoms with E-state index in [0.717, 1.165) is 5.56 Å². The van der Waals surface area contributed by atoms with E-state index in [1.807, 2.05) is 30.3 Å². The Morgan fingerprint density at radius 2 is 1.94 bits per heavy atom. The van der Waals surface area contributed by atoms with Gasteiger partial charge < -0.3 is 18.8 Å². The normalized spacial score (nSPS) is 19.8. The average Bonchev–Trinajstić information content (AvgIpc) is 3.37. The Hall–Kier alpha value is -2.41. The Labute approximate surface area is 201 Å². The van der Waals surface area contributed by atoms with Gasteiger partial charge in [0.05, 0.1) is 12.2 Å². The summed E-state index contributed by atoms with van der Waals surface area (Å²) in [6.45, 7) is 5.67. The summed E-state index contributed by atoms with van der Waals surface area (Å²) in [5, 5.41) is 0. The van der Waals surface area contributed by atoms with Gasteiger partial charge in [0.15, 0.2) is 35.4 Å². The minimum Gasteiger partial charge on any atom is -0.356 e. The van der Waals surface area contributed by atoms with Gasteiger partial charge in [0.1, 0.15) is 24.1 Å². The quantitative estimate of drug-likeness (QED) is 0.306. The molecule has 1 aliphatic heterocycles. The van der Waals surface area contributed by atoms with Crippen LogP contribution in [0.5, 0.6) is 0 Å². The summed E-state index contributed by atoms with van der Waals surface area (Å²) in [6, 6.07) is 9.79. The molecule has 0 aliphatic carbocycles. The van der Waals surface area contributed by atoms with Crippen LogP contribution in [0.3, 0.4) is 0 Å². The molecule has 3 heterocycles. The summed E-state index contributed by atoms with van der Waals surface area (Å²) in [6.07, 6.45) is 1.22. The van der Waals surface area contributed by atoms with Crippen molar-refractivity contribution in [2.45, 2.75) is 58.5 Å². The molecule has 3 aromatic rings. The predicted molar refractivity (Wildman–Crippen MR) is 131 cm³/mol. The molecule has 0 amide bonds. The summed E-state index contributed by atoms with van der Waals surface area (Å²) < 4.78 is 23.7. The molecule has 34 heavy (non-hydrogen) atoms. The van der Waals surface area contributed by atoms with Crippen molar-refractivity contribution in [3.8, 4) is 0 Å². The number of carbonyl (C=O) groups is 2. The third kappa shape index (κ3) is 5.14. The van der Waals surface area contributed by atoms with Crippen LogP contribution in [0.15, 0.2) is 47.6 Å². The van der Waals surface area contributed by atoms with Gasteiger partial charge in [0, 0.05) is 20.7 Å². The molecule has 0 spiro atoms. The minimum atomic E-state index is -1.07. The summed E-state index contributed by atoms with van der Waals surface area (Å²) in [7, 11) is 3.18. The number of hydrogen-bond acceptors (Lipinski definition) is 8. The van der Waals surface area contributed by atoms with Gasteiger partial charge in [-0.1, -0.05) is 46.2 Å². The van der Waals surface area contributed by atoms with Crippen molar-refractivity contribution < 1.29 is 23.8 Å². The number of ketones is 2. The Balaban J connectivity index is 1.70. The maximum Gasteiger partial charge on any atom is 0.198 e. The molecule has 11 heteroatoms. The molecule has 0 bridgehead atoms. The maximum atomic E-state index is 13.6. The van der Waals surface area contributed by atoms with E-state index in [0.29, 0.717) is 37.1 Å². The van der Waals surface area contributed by atoms with Crippen molar-refractivity contribution in [3.05, 3.63) is 54.0 Å². The number of aromatic nitrogens is 3. The minimum absolute atomic E-state index is 0.160. The van der Waals surface area contributed by atoms with Crippen LogP contribution in [0.4, 0.5) is 5.82 Å². The largest absolute Gasteiger partial charge is 0.356 e. The molecule has 3 atom stereocenters. The fraction of sp³-hybridized carbons (Fsp3) is 0.391. The zero-order valence-electron chi connectivity index (χ0n) is 19.2. The molecule has 178 valence electrons. The van der Waals surface area contributed by atoms with Gasteiger partial charge >= 0.3 is 0 Å². The molecule has 0 radical (unpaired) electrons. The van der Waals surface area contributed by atoms with Crippen LogP contribution >= 0.6 is 17.0 Å². The lowest BCUT2D eigenvalue weighted by molar-refractivity contribution is -0.153. The number of nitrogens with zero attached hydrogens (tertiary/aromatic N) is 4. The molecule has 1 saturated heterocycles. The van der Waals surface area contributed by atoms with Crippen LogP contribution in [0.1, 0.15) is 43.1 Å². The molecule has 9 nitrogen and oxygen atoms in total. The zero-order valence-corrected chi connectivity index (χ0v) is 21.2. The molecule has 1 fully saturated rings. The van der Waals surface area contributed by atoms with Gasteiger partial charge in [-0.25, -0.2) is 14.7 Å². The van der Waals surface area contributed by atoms with Crippen LogP contribution in [0.25, 0.3) is 11.0 Å². The topological polar surface area (TPSA) is 105 Å². The number of ether oxygens (including phenoxy) is 3. The van der Waals surface area contributed by atoms with Crippen LogP contribution < -0.4 is 0 Å². The summed E-state index contributed by atoms with van der Waals surface area (Å²) in [5.74, 6) is -1.18. The Bertz CT molecular complexity index is 1230. The van der Waals surface area contributed by atoms with Crippen LogP contribution in [0, 0.1) is 0 Å². The molecular formula is C23H26N4O5P2. The lowest BCUT2D eigenvalue weighted by Crippen LogP contribution is -2.37. The number of hydrogen-bond donors (Lipinski definition) is 0. The lowest BCUT2D eigenvalue weighted by Gasteiger charge is -2.16. The maximum absolute atomic E-state index is 13.6. The Morgan fingerprint density at radius 3 is 2.65 bits per heavy atom. The standard InChI is InChI=1S/C23H26N4O5P2/c1-4-16(28)20-21(32-23(2,3)31-20)19(29)15-10-27(13-30-11-14-8-6-5-7-9-14)18-17(15)24-12-25-22(18)26-34-33/h5-10,12,20-21H,4,11,13,33H2,1-3H3. The van der Waals surface area contributed by atoms with Gasteiger partial charge in [0.25, 0.3) is 0 Å².